The molecule has 104 valence electrons. The van der Waals surface area contributed by atoms with Gasteiger partial charge in [-0.05, 0) is 13.0 Å². The van der Waals surface area contributed by atoms with E-state index >= 15 is 0 Å². The maximum atomic E-state index is 10.7. The first-order chi connectivity index (χ1) is 9.49. The van der Waals surface area contributed by atoms with Crippen molar-refractivity contribution in [3.05, 3.63) is 45.2 Å². The third-order valence-corrected chi connectivity index (χ3v) is 2.60. The molecule has 0 aliphatic rings. The number of aryl methyl sites for hydroxylation is 1. The number of nitrogen functional groups attached to an aromatic ring is 1. The predicted molar refractivity (Wildman–Crippen MR) is 72.8 cm³/mol. The van der Waals surface area contributed by atoms with E-state index in [0.29, 0.717) is 17.4 Å². The Balaban J connectivity index is 2.28. The van der Waals surface area contributed by atoms with Gasteiger partial charge in [-0.2, -0.15) is 4.98 Å². The minimum atomic E-state index is -0.572. The van der Waals surface area contributed by atoms with E-state index in [-0.39, 0.29) is 16.6 Å². The van der Waals surface area contributed by atoms with E-state index in [9.17, 15) is 10.1 Å². The highest BCUT2D eigenvalue weighted by Gasteiger charge is 2.13. The average molecular weight is 296 g/mol. The van der Waals surface area contributed by atoms with Gasteiger partial charge in [0.2, 0.25) is 5.88 Å². The van der Waals surface area contributed by atoms with Crippen LogP contribution in [0.1, 0.15) is 5.82 Å². The second-order valence-corrected chi connectivity index (χ2v) is 4.16. The van der Waals surface area contributed by atoms with Crippen LogP contribution in [0.25, 0.3) is 0 Å². The Morgan fingerprint density at radius 1 is 1.40 bits per heavy atom. The van der Waals surface area contributed by atoms with Gasteiger partial charge in [-0.3, -0.25) is 10.1 Å². The summed E-state index contributed by atoms with van der Waals surface area (Å²) in [6.45, 7) is 1.68. The molecule has 1 aromatic carbocycles. The Kier molecular flexibility index (Phi) is 3.97. The van der Waals surface area contributed by atoms with E-state index in [1.807, 2.05) is 0 Å². The lowest BCUT2D eigenvalue weighted by atomic mass is 10.3. The van der Waals surface area contributed by atoms with Crippen LogP contribution in [-0.4, -0.2) is 14.9 Å². The number of rotatable bonds is 4. The molecule has 1 aromatic heterocycles. The number of hydrogen-bond acceptors (Lipinski definition) is 7. The fourth-order valence-corrected chi connectivity index (χ4v) is 1.73. The number of anilines is 1. The van der Waals surface area contributed by atoms with Crippen molar-refractivity contribution in [2.75, 3.05) is 5.43 Å². The van der Waals surface area contributed by atoms with E-state index in [1.54, 1.807) is 6.92 Å². The zero-order valence-electron chi connectivity index (χ0n) is 10.3. The van der Waals surface area contributed by atoms with Crippen LogP contribution in [0.5, 0.6) is 11.6 Å². The number of nitrogens with one attached hydrogen (secondary N) is 1. The first kappa shape index (κ1) is 14.0. The quantitative estimate of drug-likeness (QED) is 0.505. The fourth-order valence-electron chi connectivity index (χ4n) is 1.49. The fraction of sp³-hybridized carbons (Fsp3) is 0.0909. The van der Waals surface area contributed by atoms with Gasteiger partial charge in [-0.25, -0.2) is 10.8 Å². The normalized spacial score (nSPS) is 10.2. The van der Waals surface area contributed by atoms with Crippen LogP contribution < -0.4 is 16.0 Å². The van der Waals surface area contributed by atoms with Crippen LogP contribution in [0, 0.1) is 17.0 Å². The maximum Gasteiger partial charge on any atom is 0.288 e. The molecule has 0 atom stereocenters. The predicted octanol–water partition coefficient (Wildman–Crippen LogP) is 2.42. The van der Waals surface area contributed by atoms with Crippen LogP contribution >= 0.6 is 11.6 Å². The van der Waals surface area contributed by atoms with Crippen molar-refractivity contribution >= 4 is 23.1 Å². The van der Waals surface area contributed by atoms with Crippen LogP contribution in [-0.2, 0) is 0 Å². The first-order valence-corrected chi connectivity index (χ1v) is 5.81. The first-order valence-electron chi connectivity index (χ1n) is 5.43. The molecule has 0 unspecified atom stereocenters. The SMILES string of the molecule is Cc1nc(NN)cc(Oc2ccc([N+](=O)[O-])c(Cl)c2)n1. The number of nitrogens with zero attached hydrogens (tertiary/aromatic N) is 3. The third-order valence-electron chi connectivity index (χ3n) is 2.30. The van der Waals surface area contributed by atoms with Crippen molar-refractivity contribution in [1.82, 2.24) is 9.97 Å². The Hall–Kier alpha value is -2.45. The summed E-state index contributed by atoms with van der Waals surface area (Å²) >= 11 is 5.79. The molecular weight excluding hydrogens is 286 g/mol. The van der Waals surface area contributed by atoms with Gasteiger partial charge in [0, 0.05) is 18.2 Å². The molecule has 2 aromatic rings. The summed E-state index contributed by atoms with van der Waals surface area (Å²) in [5, 5.41) is 10.6. The van der Waals surface area contributed by atoms with Crippen LogP contribution in [0.2, 0.25) is 5.02 Å². The molecular formula is C11H10ClN5O3. The summed E-state index contributed by atoms with van der Waals surface area (Å²) in [7, 11) is 0. The Morgan fingerprint density at radius 2 is 2.15 bits per heavy atom. The van der Waals surface area contributed by atoms with Crippen molar-refractivity contribution in [3.8, 4) is 11.6 Å². The standard InChI is InChI=1S/C11H10ClN5O3/c1-6-14-10(16-13)5-11(15-6)20-7-2-3-9(17(18)19)8(12)4-7/h2-5H,13H2,1H3,(H,14,15,16). The maximum absolute atomic E-state index is 10.7. The Morgan fingerprint density at radius 3 is 2.75 bits per heavy atom. The molecule has 0 bridgehead atoms. The number of nitrogens with two attached hydrogens (primary N) is 1. The molecule has 1 heterocycles. The second kappa shape index (κ2) is 5.68. The second-order valence-electron chi connectivity index (χ2n) is 3.76. The molecule has 0 fully saturated rings. The number of benzene rings is 1. The highest BCUT2D eigenvalue weighted by atomic mass is 35.5. The van der Waals surface area contributed by atoms with Gasteiger partial charge in [-0.15, -0.1) is 0 Å². The van der Waals surface area contributed by atoms with Crippen LogP contribution in [0.15, 0.2) is 24.3 Å². The van der Waals surface area contributed by atoms with Gasteiger partial charge >= 0.3 is 0 Å². The van der Waals surface area contributed by atoms with Gasteiger partial charge in [0.15, 0.2) is 0 Å². The largest absolute Gasteiger partial charge is 0.439 e. The minimum absolute atomic E-state index is 0.0181. The highest BCUT2D eigenvalue weighted by Crippen LogP contribution is 2.30. The van der Waals surface area contributed by atoms with Crippen LogP contribution in [0.3, 0.4) is 0 Å². The molecule has 3 N–H and O–H groups in total. The molecule has 0 aliphatic carbocycles. The Labute approximate surface area is 118 Å². The number of hydrogen-bond donors (Lipinski definition) is 2. The summed E-state index contributed by atoms with van der Waals surface area (Å²) in [5.74, 6) is 6.68. The summed E-state index contributed by atoms with van der Waals surface area (Å²) in [4.78, 5) is 18.1. The molecule has 0 saturated carbocycles. The number of ether oxygens (including phenoxy) is 1. The number of hydrazine groups is 1. The van der Waals surface area contributed by atoms with E-state index in [0.717, 1.165) is 0 Å². The molecule has 2 rings (SSSR count). The topological polar surface area (TPSA) is 116 Å². The average Bonchev–Trinajstić information content (AvgIpc) is 2.37. The number of nitro benzene ring substituents is 1. The lowest BCUT2D eigenvalue weighted by Crippen LogP contribution is -2.09. The molecule has 0 spiro atoms. The van der Waals surface area contributed by atoms with Crippen molar-refractivity contribution in [2.24, 2.45) is 5.84 Å². The number of halogens is 1. The monoisotopic (exact) mass is 295 g/mol. The van der Waals surface area contributed by atoms with Crippen molar-refractivity contribution in [1.29, 1.82) is 0 Å². The zero-order chi connectivity index (χ0) is 14.7. The minimum Gasteiger partial charge on any atom is -0.439 e. The molecule has 8 nitrogen and oxygen atoms in total. The zero-order valence-corrected chi connectivity index (χ0v) is 11.1. The lowest BCUT2D eigenvalue weighted by Gasteiger charge is -2.07. The highest BCUT2D eigenvalue weighted by molar-refractivity contribution is 6.32. The molecule has 0 saturated heterocycles. The van der Waals surface area contributed by atoms with Crippen LogP contribution in [0.4, 0.5) is 11.5 Å². The number of aromatic nitrogens is 2. The Bertz CT molecular complexity index is 665. The van der Waals surface area contributed by atoms with E-state index in [4.69, 9.17) is 22.2 Å². The van der Waals surface area contributed by atoms with Crippen molar-refractivity contribution in [2.45, 2.75) is 6.92 Å². The molecule has 0 amide bonds. The van der Waals surface area contributed by atoms with Gasteiger partial charge in [-0.1, -0.05) is 11.6 Å². The van der Waals surface area contributed by atoms with Gasteiger partial charge in [0.05, 0.1) is 4.92 Å². The van der Waals surface area contributed by atoms with Crippen molar-refractivity contribution in [3.63, 3.8) is 0 Å². The number of nitro groups is 1. The van der Waals surface area contributed by atoms with E-state index < -0.39 is 4.92 Å². The summed E-state index contributed by atoms with van der Waals surface area (Å²) in [5.41, 5.74) is 2.19. The van der Waals surface area contributed by atoms with Gasteiger partial charge < -0.3 is 10.2 Å². The lowest BCUT2D eigenvalue weighted by molar-refractivity contribution is -0.384. The van der Waals surface area contributed by atoms with E-state index in [1.165, 1.54) is 24.3 Å². The van der Waals surface area contributed by atoms with Gasteiger partial charge in [0.25, 0.3) is 5.69 Å². The third kappa shape index (κ3) is 3.11. The van der Waals surface area contributed by atoms with E-state index in [2.05, 4.69) is 15.4 Å². The van der Waals surface area contributed by atoms with Gasteiger partial charge in [0.1, 0.15) is 22.4 Å². The molecule has 9 heteroatoms. The smallest absolute Gasteiger partial charge is 0.288 e. The summed E-state index contributed by atoms with van der Waals surface area (Å²) < 4.78 is 5.46. The molecule has 20 heavy (non-hydrogen) atoms. The summed E-state index contributed by atoms with van der Waals surface area (Å²) in [6, 6.07) is 5.51. The summed E-state index contributed by atoms with van der Waals surface area (Å²) in [6.07, 6.45) is 0. The van der Waals surface area contributed by atoms with Crippen molar-refractivity contribution < 1.29 is 9.66 Å². The molecule has 0 aliphatic heterocycles. The molecule has 0 radical (unpaired) electrons.